The zero-order chi connectivity index (χ0) is 30.2. The summed E-state index contributed by atoms with van der Waals surface area (Å²) in [4.78, 5) is 28.6. The first-order chi connectivity index (χ1) is 19.5. The van der Waals surface area contributed by atoms with Gasteiger partial charge in [-0.05, 0) is 81.3 Å². The smallest absolute Gasteiger partial charge is 0.264 e. The maximum Gasteiger partial charge on any atom is 0.264 e. The highest BCUT2D eigenvalue weighted by Crippen LogP contribution is 2.33. The van der Waals surface area contributed by atoms with E-state index < -0.39 is 28.5 Å². The summed E-state index contributed by atoms with van der Waals surface area (Å²) in [6.07, 6.45) is 0.723. The molecule has 0 radical (unpaired) electrons. The van der Waals surface area contributed by atoms with Gasteiger partial charge in [0.2, 0.25) is 11.8 Å². The zero-order valence-corrected chi connectivity index (χ0v) is 26.7. The number of hydrogen-bond donors (Lipinski definition) is 1. The van der Waals surface area contributed by atoms with E-state index in [-0.39, 0.29) is 29.1 Å². The summed E-state index contributed by atoms with van der Waals surface area (Å²) in [5.74, 6) is -0.572. The van der Waals surface area contributed by atoms with Crippen LogP contribution in [-0.2, 0) is 26.2 Å². The largest absolute Gasteiger partial charge is 0.492 e. The van der Waals surface area contributed by atoms with E-state index in [1.807, 2.05) is 38.1 Å². The van der Waals surface area contributed by atoms with Crippen LogP contribution in [0.3, 0.4) is 0 Å². The van der Waals surface area contributed by atoms with Crippen LogP contribution in [0.4, 0.5) is 5.69 Å². The van der Waals surface area contributed by atoms with E-state index in [4.69, 9.17) is 16.3 Å². The molecule has 0 aliphatic heterocycles. The number of amides is 2. The summed E-state index contributed by atoms with van der Waals surface area (Å²) >= 11 is 9.43. The van der Waals surface area contributed by atoms with Gasteiger partial charge in [0.05, 0.1) is 17.2 Å². The minimum absolute atomic E-state index is 0.0389. The van der Waals surface area contributed by atoms with Crippen molar-refractivity contribution in [2.24, 2.45) is 0 Å². The molecule has 0 aliphatic carbocycles. The van der Waals surface area contributed by atoms with Gasteiger partial charge in [0.1, 0.15) is 18.3 Å². The number of sulfonamides is 1. The van der Waals surface area contributed by atoms with Crippen LogP contribution in [-0.4, -0.2) is 50.4 Å². The molecule has 220 valence electrons. The van der Waals surface area contributed by atoms with Crippen molar-refractivity contribution < 1.29 is 22.7 Å². The summed E-state index contributed by atoms with van der Waals surface area (Å²) in [5.41, 5.74) is 0.990. The van der Waals surface area contributed by atoms with Crippen LogP contribution in [0, 0.1) is 0 Å². The molecule has 0 aliphatic rings. The van der Waals surface area contributed by atoms with Crippen LogP contribution in [0.1, 0.15) is 39.7 Å². The predicted octanol–water partition coefficient (Wildman–Crippen LogP) is 6.03. The maximum absolute atomic E-state index is 14.1. The van der Waals surface area contributed by atoms with Crippen LogP contribution in [0.2, 0.25) is 5.02 Å². The standard InChI is InChI=1S/C30H35BrClN3O5S/c1-5-21(3)33-30(37)22(4)34(19-23-11-13-24(31)14-12-23)29(36)20-35(27-9-7-8-10-28(27)40-6-2)41(38,39)26-17-15-25(32)16-18-26/h7-18,21-22H,5-6,19-20H2,1-4H3,(H,33,37). The molecule has 2 unspecified atom stereocenters. The van der Waals surface area contributed by atoms with Gasteiger partial charge in [0.25, 0.3) is 10.0 Å². The average molecular weight is 665 g/mol. The fourth-order valence-corrected chi connectivity index (χ4v) is 5.84. The van der Waals surface area contributed by atoms with Crippen LogP contribution in [0.25, 0.3) is 0 Å². The minimum atomic E-state index is -4.25. The average Bonchev–Trinajstić information content (AvgIpc) is 2.95. The van der Waals surface area contributed by atoms with Gasteiger partial charge in [-0.15, -0.1) is 0 Å². The van der Waals surface area contributed by atoms with E-state index in [1.54, 1.807) is 38.1 Å². The van der Waals surface area contributed by atoms with Gasteiger partial charge in [-0.2, -0.15) is 0 Å². The summed E-state index contributed by atoms with van der Waals surface area (Å²) in [6, 6.07) is 18.8. The Balaban J connectivity index is 2.07. The molecule has 2 atom stereocenters. The van der Waals surface area contributed by atoms with E-state index in [1.165, 1.54) is 29.2 Å². The van der Waals surface area contributed by atoms with Crippen molar-refractivity contribution in [2.45, 2.75) is 57.6 Å². The minimum Gasteiger partial charge on any atom is -0.492 e. The maximum atomic E-state index is 14.1. The van der Waals surface area contributed by atoms with Gasteiger partial charge in [-0.3, -0.25) is 13.9 Å². The molecular weight excluding hydrogens is 630 g/mol. The molecule has 3 rings (SSSR count). The van der Waals surface area contributed by atoms with Crippen molar-refractivity contribution in [1.82, 2.24) is 10.2 Å². The molecular formula is C30H35BrClN3O5S. The Morgan fingerprint density at radius 3 is 2.22 bits per heavy atom. The third-order valence-corrected chi connectivity index (χ3v) is 9.10. The fourth-order valence-electron chi connectivity index (χ4n) is 4.02. The number of anilines is 1. The SMILES string of the molecule is CCOc1ccccc1N(CC(=O)N(Cc1ccc(Br)cc1)C(C)C(=O)NC(C)CC)S(=O)(=O)c1ccc(Cl)cc1. The molecule has 8 nitrogen and oxygen atoms in total. The van der Waals surface area contributed by atoms with E-state index in [0.717, 1.165) is 20.8 Å². The predicted molar refractivity (Wildman–Crippen MR) is 166 cm³/mol. The van der Waals surface area contributed by atoms with Crippen LogP contribution < -0.4 is 14.4 Å². The lowest BCUT2D eigenvalue weighted by molar-refractivity contribution is -0.139. The van der Waals surface area contributed by atoms with Gasteiger partial charge in [0, 0.05) is 22.1 Å². The first-order valence-corrected chi connectivity index (χ1v) is 15.9. The molecule has 3 aromatic carbocycles. The molecule has 11 heteroatoms. The summed E-state index contributed by atoms with van der Waals surface area (Å²) in [6.45, 7) is 7.10. The Hall–Kier alpha value is -3.08. The zero-order valence-electron chi connectivity index (χ0n) is 23.5. The molecule has 0 fully saturated rings. The molecule has 2 amide bonds. The van der Waals surface area contributed by atoms with Gasteiger partial charge >= 0.3 is 0 Å². The number of para-hydroxylation sites is 2. The van der Waals surface area contributed by atoms with Crippen LogP contribution >= 0.6 is 27.5 Å². The monoisotopic (exact) mass is 663 g/mol. The molecule has 0 saturated heterocycles. The number of nitrogens with one attached hydrogen (secondary N) is 1. The Bertz CT molecular complexity index is 1440. The molecule has 41 heavy (non-hydrogen) atoms. The number of halogens is 2. The fraction of sp³-hybridized carbons (Fsp3) is 0.333. The van der Waals surface area contributed by atoms with Crippen molar-refractivity contribution in [2.75, 3.05) is 17.5 Å². The topological polar surface area (TPSA) is 96.0 Å². The molecule has 0 bridgehead atoms. The second-order valence-corrected chi connectivity index (χ2v) is 12.7. The van der Waals surface area contributed by atoms with Crippen molar-refractivity contribution in [1.29, 1.82) is 0 Å². The van der Waals surface area contributed by atoms with Crippen LogP contribution in [0.5, 0.6) is 5.75 Å². The number of rotatable bonds is 13. The van der Waals surface area contributed by atoms with E-state index in [2.05, 4.69) is 21.2 Å². The molecule has 3 aromatic rings. The van der Waals surface area contributed by atoms with Crippen LogP contribution in [0.15, 0.2) is 82.2 Å². The summed E-state index contributed by atoms with van der Waals surface area (Å²) < 4.78 is 35.7. The number of carbonyl (C=O) groups is 2. The van der Waals surface area contributed by atoms with Crippen molar-refractivity contribution >= 4 is 55.1 Å². The summed E-state index contributed by atoms with van der Waals surface area (Å²) in [5, 5.41) is 3.30. The Morgan fingerprint density at radius 1 is 0.976 bits per heavy atom. The van der Waals surface area contributed by atoms with E-state index in [9.17, 15) is 18.0 Å². The second-order valence-electron chi connectivity index (χ2n) is 9.51. The molecule has 0 heterocycles. The third-order valence-electron chi connectivity index (χ3n) is 6.55. The number of carbonyl (C=O) groups excluding carboxylic acids is 2. The first kappa shape index (κ1) is 32.4. The quantitative estimate of drug-likeness (QED) is 0.241. The van der Waals surface area contributed by atoms with Gasteiger partial charge in [-0.1, -0.05) is 58.7 Å². The number of ether oxygens (including phenoxy) is 1. The third kappa shape index (κ3) is 8.47. The lowest BCUT2D eigenvalue weighted by atomic mass is 10.1. The molecule has 1 N–H and O–H groups in total. The molecule has 0 spiro atoms. The van der Waals surface area contributed by atoms with Gasteiger partial charge in [0.15, 0.2) is 0 Å². The molecule has 0 aromatic heterocycles. The number of nitrogens with zero attached hydrogens (tertiary/aromatic N) is 2. The van der Waals surface area contributed by atoms with Gasteiger partial charge < -0.3 is 15.0 Å². The van der Waals surface area contributed by atoms with Crippen molar-refractivity contribution in [3.63, 3.8) is 0 Å². The second kappa shape index (κ2) is 14.7. The lowest BCUT2D eigenvalue weighted by Gasteiger charge is -2.33. The van der Waals surface area contributed by atoms with E-state index in [0.29, 0.717) is 17.4 Å². The summed E-state index contributed by atoms with van der Waals surface area (Å²) in [7, 11) is -4.25. The van der Waals surface area contributed by atoms with Gasteiger partial charge in [-0.25, -0.2) is 8.42 Å². The first-order valence-electron chi connectivity index (χ1n) is 13.3. The molecule has 0 saturated carbocycles. The van der Waals surface area contributed by atoms with Crippen molar-refractivity contribution in [3.8, 4) is 5.75 Å². The number of benzene rings is 3. The highest BCUT2D eigenvalue weighted by molar-refractivity contribution is 9.10. The highest BCUT2D eigenvalue weighted by atomic mass is 79.9. The Morgan fingerprint density at radius 2 is 1.61 bits per heavy atom. The Kier molecular flexibility index (Phi) is 11.6. The highest BCUT2D eigenvalue weighted by Gasteiger charge is 2.34. The lowest BCUT2D eigenvalue weighted by Crippen LogP contribution is -2.52. The van der Waals surface area contributed by atoms with E-state index >= 15 is 0 Å². The number of hydrogen-bond acceptors (Lipinski definition) is 5. The van der Waals surface area contributed by atoms with Crippen molar-refractivity contribution in [3.05, 3.63) is 87.9 Å². The normalized spacial score (nSPS) is 12.7. The Labute approximate surface area is 255 Å².